The summed E-state index contributed by atoms with van der Waals surface area (Å²) >= 11 is 0. The van der Waals surface area contributed by atoms with Crippen molar-refractivity contribution in [3.63, 3.8) is 0 Å². The molecule has 0 atom stereocenters. The zero-order valence-electron chi connectivity index (χ0n) is 11.8. The summed E-state index contributed by atoms with van der Waals surface area (Å²) in [5.41, 5.74) is 0.142. The lowest BCUT2D eigenvalue weighted by Gasteiger charge is -2.10. The van der Waals surface area contributed by atoms with Crippen LogP contribution in [0.4, 0.5) is 13.2 Å². The van der Waals surface area contributed by atoms with E-state index in [4.69, 9.17) is 0 Å². The van der Waals surface area contributed by atoms with Crippen molar-refractivity contribution in [2.75, 3.05) is 6.61 Å². The van der Waals surface area contributed by atoms with E-state index in [1.807, 2.05) is 0 Å². The number of halogens is 3. The lowest BCUT2D eigenvalue weighted by molar-refractivity contribution is -0.153. The molecule has 0 fully saturated rings. The standard InChI is InChI=1S/C15H13F3N2O3/c16-15(17,18)9-23-11-5-3-10(4-6-11)8-20-14(22)12-2-1-7-19-13(12)21/h1-7H,8-9H2,(H,19,21)(H,20,22). The first-order valence-electron chi connectivity index (χ1n) is 6.59. The Balaban J connectivity index is 1.90. The van der Waals surface area contributed by atoms with Crippen LogP contribution in [0.5, 0.6) is 5.75 Å². The highest BCUT2D eigenvalue weighted by atomic mass is 19.4. The molecule has 5 nitrogen and oxygen atoms in total. The first-order chi connectivity index (χ1) is 10.8. The molecule has 1 aromatic heterocycles. The average Bonchev–Trinajstić information content (AvgIpc) is 2.51. The van der Waals surface area contributed by atoms with Crippen molar-refractivity contribution in [2.24, 2.45) is 0 Å². The van der Waals surface area contributed by atoms with E-state index in [1.54, 1.807) is 0 Å². The summed E-state index contributed by atoms with van der Waals surface area (Å²) in [6, 6.07) is 8.73. The molecule has 1 aromatic carbocycles. The summed E-state index contributed by atoms with van der Waals surface area (Å²) < 4.78 is 40.6. The molecule has 8 heteroatoms. The molecular weight excluding hydrogens is 313 g/mol. The smallest absolute Gasteiger partial charge is 0.422 e. The largest absolute Gasteiger partial charge is 0.484 e. The summed E-state index contributed by atoms with van der Waals surface area (Å²) in [5, 5.41) is 2.55. The first kappa shape index (κ1) is 16.6. The van der Waals surface area contributed by atoms with Gasteiger partial charge in [0.25, 0.3) is 11.5 Å². The molecule has 0 unspecified atom stereocenters. The predicted octanol–water partition coefficient (Wildman–Crippen LogP) is 2.25. The van der Waals surface area contributed by atoms with Crippen LogP contribution in [0.25, 0.3) is 0 Å². The van der Waals surface area contributed by atoms with E-state index >= 15 is 0 Å². The molecule has 1 amide bonds. The fraction of sp³-hybridized carbons (Fsp3) is 0.200. The van der Waals surface area contributed by atoms with Gasteiger partial charge in [0.2, 0.25) is 0 Å². The number of hydrogen-bond donors (Lipinski definition) is 2. The maximum atomic E-state index is 12.0. The highest BCUT2D eigenvalue weighted by Crippen LogP contribution is 2.18. The summed E-state index contributed by atoms with van der Waals surface area (Å²) in [5.74, 6) is -0.457. The number of aromatic amines is 1. The summed E-state index contributed by atoms with van der Waals surface area (Å²) in [7, 11) is 0. The number of nitrogens with one attached hydrogen (secondary N) is 2. The lowest BCUT2D eigenvalue weighted by Crippen LogP contribution is -2.28. The van der Waals surface area contributed by atoms with Gasteiger partial charge in [0.05, 0.1) is 0 Å². The molecule has 2 N–H and O–H groups in total. The first-order valence-corrected chi connectivity index (χ1v) is 6.59. The normalized spacial score (nSPS) is 11.1. The zero-order chi connectivity index (χ0) is 16.9. The molecule has 0 aliphatic carbocycles. The highest BCUT2D eigenvalue weighted by molar-refractivity contribution is 5.93. The fourth-order valence-corrected chi connectivity index (χ4v) is 1.75. The highest BCUT2D eigenvalue weighted by Gasteiger charge is 2.28. The van der Waals surface area contributed by atoms with E-state index in [0.29, 0.717) is 5.56 Å². The SMILES string of the molecule is O=C(NCc1ccc(OCC(F)(F)F)cc1)c1ccc[nH]c1=O. The molecule has 2 rings (SSSR count). The van der Waals surface area contributed by atoms with Crippen molar-refractivity contribution < 1.29 is 22.7 Å². The number of hydrogen-bond acceptors (Lipinski definition) is 3. The van der Waals surface area contributed by atoms with Crippen molar-refractivity contribution in [3.8, 4) is 5.75 Å². The average molecular weight is 326 g/mol. The third-order valence-corrected chi connectivity index (χ3v) is 2.84. The van der Waals surface area contributed by atoms with Crippen LogP contribution >= 0.6 is 0 Å². The molecule has 0 radical (unpaired) electrons. The summed E-state index contributed by atoms with van der Waals surface area (Å²) in [4.78, 5) is 25.7. The van der Waals surface area contributed by atoms with Gasteiger partial charge >= 0.3 is 6.18 Å². The van der Waals surface area contributed by atoms with Gasteiger partial charge in [-0.25, -0.2) is 0 Å². The molecule has 0 aliphatic heterocycles. The third kappa shape index (κ3) is 5.17. The topological polar surface area (TPSA) is 71.2 Å². The number of H-pyrrole nitrogens is 1. The van der Waals surface area contributed by atoms with Crippen molar-refractivity contribution in [1.29, 1.82) is 0 Å². The van der Waals surface area contributed by atoms with Crippen LogP contribution in [-0.2, 0) is 6.54 Å². The van der Waals surface area contributed by atoms with E-state index in [9.17, 15) is 22.8 Å². The van der Waals surface area contributed by atoms with Crippen molar-refractivity contribution in [2.45, 2.75) is 12.7 Å². The Morgan fingerprint density at radius 3 is 2.48 bits per heavy atom. The lowest BCUT2D eigenvalue weighted by atomic mass is 10.2. The maximum Gasteiger partial charge on any atom is 0.422 e. The van der Waals surface area contributed by atoms with Crippen LogP contribution in [0.1, 0.15) is 15.9 Å². The van der Waals surface area contributed by atoms with Crippen molar-refractivity contribution >= 4 is 5.91 Å². The van der Waals surface area contributed by atoms with Gasteiger partial charge in [0.15, 0.2) is 6.61 Å². The Morgan fingerprint density at radius 2 is 1.87 bits per heavy atom. The molecule has 0 saturated carbocycles. The predicted molar refractivity (Wildman–Crippen MR) is 76.2 cm³/mol. The number of ether oxygens (including phenoxy) is 1. The quantitative estimate of drug-likeness (QED) is 0.885. The van der Waals surface area contributed by atoms with E-state index in [-0.39, 0.29) is 17.9 Å². The van der Waals surface area contributed by atoms with E-state index in [2.05, 4.69) is 15.0 Å². The third-order valence-electron chi connectivity index (χ3n) is 2.84. The molecule has 2 aromatic rings. The number of carbonyl (C=O) groups is 1. The summed E-state index contributed by atoms with van der Waals surface area (Å²) in [6.45, 7) is -1.23. The van der Waals surface area contributed by atoms with Gasteiger partial charge in [-0.3, -0.25) is 9.59 Å². The van der Waals surface area contributed by atoms with Gasteiger partial charge < -0.3 is 15.0 Å². The number of carbonyl (C=O) groups excluding carboxylic acids is 1. The zero-order valence-corrected chi connectivity index (χ0v) is 11.8. The number of benzene rings is 1. The van der Waals surface area contributed by atoms with Gasteiger partial charge in [-0.2, -0.15) is 13.2 Å². The van der Waals surface area contributed by atoms with Crippen molar-refractivity contribution in [3.05, 3.63) is 64.1 Å². The fourth-order valence-electron chi connectivity index (χ4n) is 1.75. The van der Waals surface area contributed by atoms with E-state index in [0.717, 1.165) is 0 Å². The Hall–Kier alpha value is -2.77. The number of rotatable bonds is 5. The van der Waals surface area contributed by atoms with Gasteiger partial charge in [-0.05, 0) is 29.8 Å². The van der Waals surface area contributed by atoms with Gasteiger partial charge in [0.1, 0.15) is 11.3 Å². The Kier molecular flexibility index (Phi) is 5.05. The van der Waals surface area contributed by atoms with Crippen LogP contribution in [-0.4, -0.2) is 23.7 Å². The molecular formula is C15H13F3N2O3. The Morgan fingerprint density at radius 1 is 1.17 bits per heavy atom. The second kappa shape index (κ2) is 6.99. The minimum Gasteiger partial charge on any atom is -0.484 e. The molecule has 0 bridgehead atoms. The number of amides is 1. The van der Waals surface area contributed by atoms with Crippen LogP contribution < -0.4 is 15.6 Å². The number of aromatic nitrogens is 1. The minimum absolute atomic E-state index is 0.0161. The van der Waals surface area contributed by atoms with Crippen LogP contribution in [0.3, 0.4) is 0 Å². The second-order valence-corrected chi connectivity index (χ2v) is 4.64. The second-order valence-electron chi connectivity index (χ2n) is 4.64. The molecule has 23 heavy (non-hydrogen) atoms. The Labute approximate surface area is 129 Å². The molecule has 0 saturated heterocycles. The molecule has 0 aliphatic rings. The van der Waals surface area contributed by atoms with Gasteiger partial charge in [-0.15, -0.1) is 0 Å². The van der Waals surface area contributed by atoms with Crippen LogP contribution in [0.15, 0.2) is 47.4 Å². The molecule has 0 spiro atoms. The van der Waals surface area contributed by atoms with Crippen molar-refractivity contribution in [1.82, 2.24) is 10.3 Å². The summed E-state index contributed by atoms with van der Waals surface area (Å²) in [6.07, 6.45) is -2.98. The van der Waals surface area contributed by atoms with Gasteiger partial charge in [-0.1, -0.05) is 12.1 Å². The van der Waals surface area contributed by atoms with Gasteiger partial charge in [0, 0.05) is 12.7 Å². The van der Waals surface area contributed by atoms with Crippen LogP contribution in [0.2, 0.25) is 0 Å². The maximum absolute atomic E-state index is 12.0. The monoisotopic (exact) mass is 326 g/mol. The van der Waals surface area contributed by atoms with E-state index < -0.39 is 24.2 Å². The minimum atomic E-state index is -4.39. The molecule has 122 valence electrons. The van der Waals surface area contributed by atoms with E-state index in [1.165, 1.54) is 42.6 Å². The Bertz CT molecular complexity index is 724. The molecule has 1 heterocycles. The number of alkyl halides is 3. The number of pyridine rings is 1. The van der Waals surface area contributed by atoms with Crippen LogP contribution in [0, 0.1) is 0 Å².